The van der Waals surface area contributed by atoms with Gasteiger partial charge in [-0.25, -0.2) is 4.98 Å². The molecule has 0 saturated heterocycles. The van der Waals surface area contributed by atoms with Crippen molar-refractivity contribution >= 4 is 22.9 Å². The molecule has 0 unspecified atom stereocenters. The predicted molar refractivity (Wildman–Crippen MR) is 114 cm³/mol. The van der Waals surface area contributed by atoms with E-state index in [2.05, 4.69) is 53.3 Å². The Balaban J connectivity index is 1.47. The summed E-state index contributed by atoms with van der Waals surface area (Å²) in [6.45, 7) is 6.88. The standard InChI is InChI=1S/C22H25N3O2S/c1-3-25(20-6-4-5-17(2)13-20)12-11-23-22(26)18-7-9-21(10-8-18)27-14-19-15-28-16-24-19/h4-10,13,15-16H,3,11-12,14H2,1-2H3,(H,23,26). The molecule has 3 aromatic rings. The quantitative estimate of drug-likeness (QED) is 0.587. The molecule has 5 nitrogen and oxygen atoms in total. The summed E-state index contributed by atoms with van der Waals surface area (Å²) in [6, 6.07) is 15.6. The number of anilines is 1. The molecular weight excluding hydrogens is 370 g/mol. The number of likely N-dealkylation sites (N-methyl/N-ethyl adjacent to an activating group) is 1. The van der Waals surface area contributed by atoms with E-state index in [1.54, 1.807) is 29.0 Å². The number of thiazole rings is 1. The molecule has 1 amide bonds. The molecule has 1 N–H and O–H groups in total. The van der Waals surface area contributed by atoms with Crippen molar-refractivity contribution in [3.8, 4) is 5.75 Å². The second-order valence-electron chi connectivity index (χ2n) is 6.47. The van der Waals surface area contributed by atoms with Crippen LogP contribution in [0.5, 0.6) is 5.75 Å². The number of aromatic nitrogens is 1. The highest BCUT2D eigenvalue weighted by Gasteiger charge is 2.08. The SMILES string of the molecule is CCN(CCNC(=O)c1ccc(OCc2cscn2)cc1)c1cccc(C)c1. The van der Waals surface area contributed by atoms with Gasteiger partial charge in [0.05, 0.1) is 11.2 Å². The zero-order valence-corrected chi connectivity index (χ0v) is 17.0. The van der Waals surface area contributed by atoms with Crippen molar-refractivity contribution in [2.24, 2.45) is 0 Å². The van der Waals surface area contributed by atoms with Gasteiger partial charge in [-0.05, 0) is 55.8 Å². The molecule has 0 radical (unpaired) electrons. The number of rotatable bonds is 9. The summed E-state index contributed by atoms with van der Waals surface area (Å²) in [7, 11) is 0. The highest BCUT2D eigenvalue weighted by Crippen LogP contribution is 2.16. The molecule has 0 bridgehead atoms. The predicted octanol–water partition coefficient (Wildman–Crippen LogP) is 4.29. The normalized spacial score (nSPS) is 10.5. The van der Waals surface area contributed by atoms with E-state index in [-0.39, 0.29) is 5.91 Å². The molecule has 1 heterocycles. The minimum atomic E-state index is -0.0775. The first kappa shape index (κ1) is 19.9. The Labute approximate surface area is 170 Å². The second-order valence-corrected chi connectivity index (χ2v) is 7.19. The minimum absolute atomic E-state index is 0.0775. The monoisotopic (exact) mass is 395 g/mol. The number of aryl methyl sites for hydroxylation is 1. The van der Waals surface area contributed by atoms with E-state index in [0.29, 0.717) is 18.7 Å². The summed E-state index contributed by atoms with van der Waals surface area (Å²) in [5, 5.41) is 4.95. The highest BCUT2D eigenvalue weighted by molar-refractivity contribution is 7.07. The fourth-order valence-electron chi connectivity index (χ4n) is 2.87. The van der Waals surface area contributed by atoms with Crippen molar-refractivity contribution in [3.63, 3.8) is 0 Å². The first-order valence-electron chi connectivity index (χ1n) is 9.35. The van der Waals surface area contributed by atoms with E-state index in [1.807, 2.05) is 17.5 Å². The van der Waals surface area contributed by atoms with Crippen molar-refractivity contribution in [1.82, 2.24) is 10.3 Å². The molecule has 0 aliphatic carbocycles. The maximum absolute atomic E-state index is 12.4. The lowest BCUT2D eigenvalue weighted by Crippen LogP contribution is -2.35. The van der Waals surface area contributed by atoms with Crippen molar-refractivity contribution in [2.45, 2.75) is 20.5 Å². The maximum Gasteiger partial charge on any atom is 0.251 e. The first-order chi connectivity index (χ1) is 13.7. The Morgan fingerprint density at radius 2 is 2.04 bits per heavy atom. The number of carbonyl (C=O) groups is 1. The van der Waals surface area contributed by atoms with E-state index < -0.39 is 0 Å². The summed E-state index contributed by atoms with van der Waals surface area (Å²) < 4.78 is 5.68. The Hall–Kier alpha value is -2.86. The number of benzene rings is 2. The van der Waals surface area contributed by atoms with E-state index in [4.69, 9.17) is 4.74 Å². The fraction of sp³-hybridized carbons (Fsp3) is 0.273. The molecule has 0 aliphatic heterocycles. The van der Waals surface area contributed by atoms with Crippen LogP contribution in [0.1, 0.15) is 28.5 Å². The number of carbonyl (C=O) groups excluding carboxylic acids is 1. The topological polar surface area (TPSA) is 54.5 Å². The number of hydrogen-bond acceptors (Lipinski definition) is 5. The molecular formula is C22H25N3O2S. The minimum Gasteiger partial charge on any atom is -0.487 e. The number of amides is 1. The highest BCUT2D eigenvalue weighted by atomic mass is 32.1. The molecule has 6 heteroatoms. The molecule has 0 spiro atoms. The van der Waals surface area contributed by atoms with Crippen LogP contribution >= 0.6 is 11.3 Å². The fourth-order valence-corrected chi connectivity index (χ4v) is 3.41. The molecule has 146 valence electrons. The van der Waals surface area contributed by atoms with Crippen molar-refractivity contribution in [1.29, 1.82) is 0 Å². The zero-order chi connectivity index (χ0) is 19.8. The van der Waals surface area contributed by atoms with Crippen LogP contribution < -0.4 is 15.0 Å². The largest absolute Gasteiger partial charge is 0.487 e. The Morgan fingerprint density at radius 1 is 1.21 bits per heavy atom. The number of nitrogens with one attached hydrogen (secondary N) is 1. The third-order valence-electron chi connectivity index (χ3n) is 4.40. The van der Waals surface area contributed by atoms with Crippen LogP contribution in [0.2, 0.25) is 0 Å². The van der Waals surface area contributed by atoms with Crippen LogP contribution in [-0.4, -0.2) is 30.5 Å². The number of nitrogens with zero attached hydrogens (tertiary/aromatic N) is 2. The van der Waals surface area contributed by atoms with E-state index >= 15 is 0 Å². The number of hydrogen-bond donors (Lipinski definition) is 1. The van der Waals surface area contributed by atoms with Crippen LogP contribution in [0.25, 0.3) is 0 Å². The zero-order valence-electron chi connectivity index (χ0n) is 16.2. The van der Waals surface area contributed by atoms with E-state index in [9.17, 15) is 4.79 Å². The molecule has 0 fully saturated rings. The van der Waals surface area contributed by atoms with Gasteiger partial charge in [0.25, 0.3) is 5.91 Å². The molecule has 1 aromatic heterocycles. The molecule has 3 rings (SSSR count). The molecule has 2 aromatic carbocycles. The number of ether oxygens (including phenoxy) is 1. The lowest BCUT2D eigenvalue weighted by molar-refractivity contribution is 0.0954. The van der Waals surface area contributed by atoms with Gasteiger partial charge in [-0.3, -0.25) is 4.79 Å². The maximum atomic E-state index is 12.4. The van der Waals surface area contributed by atoms with Gasteiger partial charge in [0, 0.05) is 36.3 Å². The van der Waals surface area contributed by atoms with Crippen LogP contribution in [0.3, 0.4) is 0 Å². The van der Waals surface area contributed by atoms with Gasteiger partial charge in [-0.2, -0.15) is 0 Å². The van der Waals surface area contributed by atoms with Gasteiger partial charge in [-0.1, -0.05) is 12.1 Å². The van der Waals surface area contributed by atoms with Crippen LogP contribution in [-0.2, 0) is 6.61 Å². The second kappa shape index (κ2) is 9.90. The first-order valence-corrected chi connectivity index (χ1v) is 10.3. The lowest BCUT2D eigenvalue weighted by Gasteiger charge is -2.23. The van der Waals surface area contributed by atoms with Crippen molar-refractivity contribution in [3.05, 3.63) is 76.2 Å². The average Bonchev–Trinajstić information content (AvgIpc) is 3.23. The average molecular weight is 396 g/mol. The third-order valence-corrected chi connectivity index (χ3v) is 5.04. The smallest absolute Gasteiger partial charge is 0.251 e. The third kappa shape index (κ3) is 5.57. The molecule has 0 atom stereocenters. The summed E-state index contributed by atoms with van der Waals surface area (Å²) in [6.07, 6.45) is 0. The van der Waals surface area contributed by atoms with Gasteiger partial charge in [-0.15, -0.1) is 11.3 Å². The lowest BCUT2D eigenvalue weighted by atomic mass is 10.2. The summed E-state index contributed by atoms with van der Waals surface area (Å²) in [4.78, 5) is 18.8. The van der Waals surface area contributed by atoms with Gasteiger partial charge in [0.2, 0.25) is 0 Å². The van der Waals surface area contributed by atoms with Gasteiger partial charge in [0.15, 0.2) is 0 Å². The Bertz CT molecular complexity index is 879. The van der Waals surface area contributed by atoms with Gasteiger partial charge < -0.3 is 15.0 Å². The van der Waals surface area contributed by atoms with Gasteiger partial charge in [0.1, 0.15) is 12.4 Å². The van der Waals surface area contributed by atoms with Crippen molar-refractivity contribution in [2.75, 3.05) is 24.5 Å². The van der Waals surface area contributed by atoms with Crippen LogP contribution in [0, 0.1) is 6.92 Å². The summed E-state index contributed by atoms with van der Waals surface area (Å²) >= 11 is 1.54. The van der Waals surface area contributed by atoms with E-state index in [1.165, 1.54) is 11.3 Å². The molecule has 28 heavy (non-hydrogen) atoms. The Kier molecular flexibility index (Phi) is 7.03. The van der Waals surface area contributed by atoms with Crippen LogP contribution in [0.15, 0.2) is 59.4 Å². The van der Waals surface area contributed by atoms with Crippen molar-refractivity contribution < 1.29 is 9.53 Å². The van der Waals surface area contributed by atoms with Gasteiger partial charge >= 0.3 is 0 Å². The summed E-state index contributed by atoms with van der Waals surface area (Å²) in [5.41, 5.74) is 5.72. The molecule has 0 aliphatic rings. The molecule has 0 saturated carbocycles. The van der Waals surface area contributed by atoms with E-state index in [0.717, 1.165) is 24.5 Å². The Morgan fingerprint density at radius 3 is 2.71 bits per heavy atom. The van der Waals surface area contributed by atoms with Crippen LogP contribution in [0.4, 0.5) is 5.69 Å². The summed E-state index contributed by atoms with van der Waals surface area (Å²) in [5.74, 6) is 0.646.